The molecule has 1 N–H and O–H groups in total. The molecular formula is C16H26N4. The zero-order valence-electron chi connectivity index (χ0n) is 12.7. The fourth-order valence-electron chi connectivity index (χ4n) is 3.96. The van der Waals surface area contributed by atoms with Crippen LogP contribution in [-0.4, -0.2) is 29.1 Å². The van der Waals surface area contributed by atoms with Crippen LogP contribution in [0.3, 0.4) is 0 Å². The van der Waals surface area contributed by atoms with Crippen molar-refractivity contribution < 1.29 is 0 Å². The monoisotopic (exact) mass is 274 g/mol. The molecule has 1 aliphatic carbocycles. The van der Waals surface area contributed by atoms with Gasteiger partial charge in [-0.1, -0.05) is 12.8 Å². The summed E-state index contributed by atoms with van der Waals surface area (Å²) in [5.74, 6) is 3.04. The molecule has 0 amide bonds. The highest BCUT2D eigenvalue weighted by Crippen LogP contribution is 2.38. The molecule has 1 aromatic rings. The molecule has 1 aliphatic heterocycles. The van der Waals surface area contributed by atoms with E-state index >= 15 is 0 Å². The van der Waals surface area contributed by atoms with Crippen molar-refractivity contribution in [3.05, 3.63) is 11.9 Å². The average Bonchev–Trinajstić information content (AvgIpc) is 3.10. The van der Waals surface area contributed by atoms with Crippen LogP contribution in [0.4, 0.5) is 11.6 Å². The van der Waals surface area contributed by atoms with Gasteiger partial charge in [0.2, 0.25) is 0 Å². The number of aromatic nitrogens is 2. The normalized spacial score (nSPS) is 23.5. The molecule has 1 unspecified atom stereocenters. The molecule has 2 aliphatic rings. The summed E-state index contributed by atoms with van der Waals surface area (Å²) in [5.41, 5.74) is 1.21. The van der Waals surface area contributed by atoms with E-state index in [4.69, 9.17) is 0 Å². The first-order valence-electron chi connectivity index (χ1n) is 8.13. The van der Waals surface area contributed by atoms with Crippen molar-refractivity contribution in [3.63, 3.8) is 0 Å². The van der Waals surface area contributed by atoms with E-state index < -0.39 is 0 Å². The highest BCUT2D eigenvalue weighted by atomic mass is 15.2. The Labute approximate surface area is 122 Å². The Morgan fingerprint density at radius 1 is 1.20 bits per heavy atom. The number of anilines is 2. The molecule has 0 spiro atoms. The van der Waals surface area contributed by atoms with Gasteiger partial charge in [-0.05, 0) is 45.4 Å². The minimum absolute atomic E-state index is 0.709. The SMILES string of the molecule is CCNc1ncnc(N2CCCC2C2CCCC2)c1C. The summed E-state index contributed by atoms with van der Waals surface area (Å²) in [7, 11) is 0. The van der Waals surface area contributed by atoms with E-state index in [0.717, 1.165) is 30.6 Å². The van der Waals surface area contributed by atoms with E-state index in [-0.39, 0.29) is 0 Å². The Hall–Kier alpha value is -1.32. The number of hydrogen-bond acceptors (Lipinski definition) is 4. The Bertz CT molecular complexity index is 454. The van der Waals surface area contributed by atoms with Crippen LogP contribution in [-0.2, 0) is 0 Å². The van der Waals surface area contributed by atoms with Crippen LogP contribution in [0.1, 0.15) is 51.0 Å². The van der Waals surface area contributed by atoms with E-state index in [2.05, 4.69) is 34.0 Å². The van der Waals surface area contributed by atoms with Crippen molar-refractivity contribution in [3.8, 4) is 0 Å². The molecule has 20 heavy (non-hydrogen) atoms. The van der Waals surface area contributed by atoms with Gasteiger partial charge in [-0.15, -0.1) is 0 Å². The van der Waals surface area contributed by atoms with Gasteiger partial charge in [0.15, 0.2) is 0 Å². The molecule has 110 valence electrons. The van der Waals surface area contributed by atoms with Gasteiger partial charge < -0.3 is 10.2 Å². The van der Waals surface area contributed by atoms with Crippen LogP contribution in [0, 0.1) is 12.8 Å². The summed E-state index contributed by atoms with van der Waals surface area (Å²) in [6.45, 7) is 6.32. The van der Waals surface area contributed by atoms with Crippen LogP contribution in [0.5, 0.6) is 0 Å². The predicted molar refractivity (Wildman–Crippen MR) is 83.3 cm³/mol. The van der Waals surface area contributed by atoms with Gasteiger partial charge in [0.05, 0.1) is 0 Å². The third-order valence-electron chi connectivity index (χ3n) is 4.92. The Kier molecular flexibility index (Phi) is 4.08. The molecule has 2 heterocycles. The second kappa shape index (κ2) is 5.98. The van der Waals surface area contributed by atoms with E-state index in [0.29, 0.717) is 6.04 Å². The third kappa shape index (κ3) is 2.48. The van der Waals surface area contributed by atoms with Crippen LogP contribution >= 0.6 is 0 Å². The molecule has 1 saturated heterocycles. The van der Waals surface area contributed by atoms with Crippen molar-refractivity contribution in [2.75, 3.05) is 23.3 Å². The van der Waals surface area contributed by atoms with Gasteiger partial charge in [-0.25, -0.2) is 9.97 Å². The van der Waals surface area contributed by atoms with Crippen molar-refractivity contribution in [1.82, 2.24) is 9.97 Å². The van der Waals surface area contributed by atoms with Gasteiger partial charge in [0.25, 0.3) is 0 Å². The van der Waals surface area contributed by atoms with Crippen molar-refractivity contribution in [2.24, 2.45) is 5.92 Å². The average molecular weight is 274 g/mol. The highest BCUT2D eigenvalue weighted by Gasteiger charge is 2.34. The minimum Gasteiger partial charge on any atom is -0.370 e. The highest BCUT2D eigenvalue weighted by molar-refractivity contribution is 5.58. The lowest BCUT2D eigenvalue weighted by atomic mass is 9.96. The van der Waals surface area contributed by atoms with Gasteiger partial charge >= 0.3 is 0 Å². The largest absolute Gasteiger partial charge is 0.370 e. The fraction of sp³-hybridized carbons (Fsp3) is 0.750. The summed E-state index contributed by atoms with van der Waals surface area (Å²) in [6.07, 6.45) is 10.0. The topological polar surface area (TPSA) is 41.1 Å². The summed E-state index contributed by atoms with van der Waals surface area (Å²) in [6, 6.07) is 0.709. The predicted octanol–water partition coefficient (Wildman–Crippen LogP) is 3.38. The Morgan fingerprint density at radius 3 is 2.75 bits per heavy atom. The molecule has 4 nitrogen and oxygen atoms in total. The quantitative estimate of drug-likeness (QED) is 0.914. The van der Waals surface area contributed by atoms with Crippen LogP contribution in [0.15, 0.2) is 6.33 Å². The van der Waals surface area contributed by atoms with E-state index in [9.17, 15) is 0 Å². The Morgan fingerprint density at radius 2 is 2.00 bits per heavy atom. The maximum Gasteiger partial charge on any atom is 0.137 e. The number of nitrogens with one attached hydrogen (secondary N) is 1. The van der Waals surface area contributed by atoms with Crippen molar-refractivity contribution >= 4 is 11.6 Å². The molecule has 0 radical (unpaired) electrons. The minimum atomic E-state index is 0.709. The van der Waals surface area contributed by atoms with E-state index in [1.807, 2.05) is 0 Å². The van der Waals surface area contributed by atoms with Crippen LogP contribution in [0.25, 0.3) is 0 Å². The zero-order valence-corrected chi connectivity index (χ0v) is 12.7. The lowest BCUT2D eigenvalue weighted by molar-refractivity contribution is 0.429. The number of nitrogens with zero attached hydrogens (tertiary/aromatic N) is 3. The smallest absolute Gasteiger partial charge is 0.137 e. The second-order valence-corrected chi connectivity index (χ2v) is 6.15. The molecule has 1 aromatic heterocycles. The Balaban J connectivity index is 1.85. The third-order valence-corrected chi connectivity index (χ3v) is 4.92. The van der Waals surface area contributed by atoms with Crippen molar-refractivity contribution in [2.45, 2.75) is 58.4 Å². The maximum absolute atomic E-state index is 4.60. The maximum atomic E-state index is 4.60. The first-order chi connectivity index (χ1) is 9.81. The number of rotatable bonds is 4. The first kappa shape index (κ1) is 13.7. The lowest BCUT2D eigenvalue weighted by Crippen LogP contribution is -2.35. The summed E-state index contributed by atoms with van der Waals surface area (Å²) in [5, 5.41) is 3.35. The summed E-state index contributed by atoms with van der Waals surface area (Å²) in [4.78, 5) is 11.5. The molecule has 1 saturated carbocycles. The van der Waals surface area contributed by atoms with Gasteiger partial charge in [-0.3, -0.25) is 0 Å². The standard InChI is InChI=1S/C16H26N4/c1-3-17-15-12(2)16(19-11-18-15)20-10-6-9-14(20)13-7-4-5-8-13/h11,13-14H,3-10H2,1-2H3,(H,17,18,19). The van der Waals surface area contributed by atoms with E-state index in [1.165, 1.54) is 44.1 Å². The van der Waals surface area contributed by atoms with Gasteiger partial charge in [0.1, 0.15) is 18.0 Å². The molecule has 0 aromatic carbocycles. The second-order valence-electron chi connectivity index (χ2n) is 6.15. The number of hydrogen-bond donors (Lipinski definition) is 1. The van der Waals surface area contributed by atoms with Crippen LogP contribution in [0.2, 0.25) is 0 Å². The molecule has 2 fully saturated rings. The first-order valence-corrected chi connectivity index (χ1v) is 8.13. The van der Waals surface area contributed by atoms with Crippen molar-refractivity contribution in [1.29, 1.82) is 0 Å². The lowest BCUT2D eigenvalue weighted by Gasteiger charge is -2.31. The fourth-order valence-corrected chi connectivity index (χ4v) is 3.96. The molecule has 1 atom stereocenters. The van der Waals surface area contributed by atoms with Crippen LogP contribution < -0.4 is 10.2 Å². The molecule has 4 heteroatoms. The molecule has 0 bridgehead atoms. The molecular weight excluding hydrogens is 248 g/mol. The van der Waals surface area contributed by atoms with E-state index in [1.54, 1.807) is 6.33 Å². The molecule has 3 rings (SSSR count). The summed E-state index contributed by atoms with van der Waals surface area (Å²) >= 11 is 0. The summed E-state index contributed by atoms with van der Waals surface area (Å²) < 4.78 is 0. The van der Waals surface area contributed by atoms with Gasteiger partial charge in [0, 0.05) is 24.7 Å². The zero-order chi connectivity index (χ0) is 13.9. The van der Waals surface area contributed by atoms with Gasteiger partial charge in [-0.2, -0.15) is 0 Å².